The summed E-state index contributed by atoms with van der Waals surface area (Å²) in [5, 5.41) is 0.250. The molecule has 0 aliphatic carbocycles. The highest BCUT2D eigenvalue weighted by molar-refractivity contribution is 6.33. The van der Waals surface area contributed by atoms with Crippen LogP contribution in [0.15, 0.2) is 36.4 Å². The summed E-state index contributed by atoms with van der Waals surface area (Å²) < 4.78 is 13.3. The van der Waals surface area contributed by atoms with E-state index >= 15 is 0 Å². The van der Waals surface area contributed by atoms with Gasteiger partial charge in [0.25, 0.3) is 0 Å². The maximum absolute atomic E-state index is 13.3. The smallest absolute Gasteiger partial charge is 0.125 e. The maximum atomic E-state index is 13.3. The summed E-state index contributed by atoms with van der Waals surface area (Å²) in [4.78, 5) is 0. The number of aryl methyl sites for hydroxylation is 1. The lowest BCUT2D eigenvalue weighted by Gasteiger charge is -2.08. The average Bonchev–Trinajstić information content (AvgIpc) is 2.34. The maximum Gasteiger partial charge on any atom is 0.125 e. The molecule has 17 heavy (non-hydrogen) atoms. The first-order valence-corrected chi connectivity index (χ1v) is 5.83. The Bertz CT molecular complexity index is 535. The molecule has 0 radical (unpaired) electrons. The van der Waals surface area contributed by atoms with Gasteiger partial charge in [-0.3, -0.25) is 0 Å². The van der Waals surface area contributed by atoms with Crippen LogP contribution in [-0.2, 0) is 6.42 Å². The van der Waals surface area contributed by atoms with Gasteiger partial charge < -0.3 is 5.73 Å². The van der Waals surface area contributed by atoms with E-state index in [1.165, 1.54) is 17.7 Å². The fourth-order valence-electron chi connectivity index (χ4n) is 1.74. The summed E-state index contributed by atoms with van der Waals surface area (Å²) in [6, 6.07) is 10.5. The van der Waals surface area contributed by atoms with Gasteiger partial charge in [0, 0.05) is 5.56 Å². The van der Waals surface area contributed by atoms with Crippen molar-refractivity contribution in [3.05, 3.63) is 52.8 Å². The van der Waals surface area contributed by atoms with Crippen LogP contribution in [0.3, 0.4) is 0 Å². The van der Waals surface area contributed by atoms with E-state index in [0.29, 0.717) is 11.3 Å². The number of rotatable bonds is 2. The van der Waals surface area contributed by atoms with Gasteiger partial charge in [-0.05, 0) is 29.7 Å². The van der Waals surface area contributed by atoms with E-state index in [2.05, 4.69) is 6.92 Å². The van der Waals surface area contributed by atoms with Gasteiger partial charge in [-0.1, -0.05) is 42.8 Å². The van der Waals surface area contributed by atoms with Crippen molar-refractivity contribution in [2.75, 3.05) is 5.73 Å². The molecule has 0 aliphatic rings. The minimum atomic E-state index is -0.376. The Morgan fingerprint density at radius 3 is 2.41 bits per heavy atom. The molecule has 0 fully saturated rings. The highest BCUT2D eigenvalue weighted by Crippen LogP contribution is 2.32. The molecule has 3 heteroatoms. The van der Waals surface area contributed by atoms with E-state index in [1.807, 2.05) is 24.3 Å². The molecule has 0 bridgehead atoms. The topological polar surface area (TPSA) is 26.0 Å². The molecule has 0 amide bonds. The minimum absolute atomic E-state index is 0.250. The van der Waals surface area contributed by atoms with E-state index in [0.717, 1.165) is 12.0 Å². The first kappa shape index (κ1) is 11.9. The summed E-state index contributed by atoms with van der Waals surface area (Å²) in [5.41, 5.74) is 9.01. The van der Waals surface area contributed by atoms with Crippen molar-refractivity contribution in [3.63, 3.8) is 0 Å². The third-order valence-corrected chi connectivity index (χ3v) is 3.08. The van der Waals surface area contributed by atoms with Gasteiger partial charge in [0.05, 0.1) is 10.7 Å². The molecule has 1 nitrogen and oxygen atoms in total. The second-order valence-corrected chi connectivity index (χ2v) is 4.31. The van der Waals surface area contributed by atoms with Crippen molar-refractivity contribution < 1.29 is 4.39 Å². The number of hydrogen-bond acceptors (Lipinski definition) is 1. The number of anilines is 1. The molecule has 0 unspecified atom stereocenters. The van der Waals surface area contributed by atoms with Crippen LogP contribution in [0.1, 0.15) is 12.5 Å². The fraction of sp³-hybridized carbons (Fsp3) is 0.143. The third-order valence-electron chi connectivity index (χ3n) is 2.77. The first-order chi connectivity index (χ1) is 8.11. The highest BCUT2D eigenvalue weighted by Gasteiger charge is 2.08. The van der Waals surface area contributed by atoms with E-state index in [9.17, 15) is 4.39 Å². The zero-order valence-electron chi connectivity index (χ0n) is 9.50. The monoisotopic (exact) mass is 249 g/mol. The van der Waals surface area contributed by atoms with Gasteiger partial charge in [-0.2, -0.15) is 0 Å². The Kier molecular flexibility index (Phi) is 3.34. The van der Waals surface area contributed by atoms with Crippen molar-refractivity contribution >= 4 is 17.3 Å². The van der Waals surface area contributed by atoms with Gasteiger partial charge in [0.15, 0.2) is 0 Å². The van der Waals surface area contributed by atoms with Crippen LogP contribution in [0.25, 0.3) is 11.1 Å². The lowest BCUT2D eigenvalue weighted by atomic mass is 10.0. The largest absolute Gasteiger partial charge is 0.397 e. The SMILES string of the molecule is CCc1ccc(-c2cc(F)cc(Cl)c2N)cc1. The Morgan fingerprint density at radius 2 is 1.82 bits per heavy atom. The summed E-state index contributed by atoms with van der Waals surface area (Å²) in [6.07, 6.45) is 0.972. The van der Waals surface area contributed by atoms with E-state index in [-0.39, 0.29) is 10.8 Å². The summed E-state index contributed by atoms with van der Waals surface area (Å²) >= 11 is 5.86. The first-order valence-electron chi connectivity index (χ1n) is 5.45. The predicted octanol–water partition coefficient (Wildman–Crippen LogP) is 4.29. The standard InChI is InChI=1S/C14H13ClFN/c1-2-9-3-5-10(6-4-9)12-7-11(16)8-13(15)14(12)17/h3-8H,2,17H2,1H3. The van der Waals surface area contributed by atoms with E-state index in [4.69, 9.17) is 17.3 Å². The molecule has 2 aromatic rings. The van der Waals surface area contributed by atoms with Crippen LogP contribution in [-0.4, -0.2) is 0 Å². The molecule has 0 heterocycles. The molecular weight excluding hydrogens is 237 g/mol. The second kappa shape index (κ2) is 4.76. The molecule has 0 aliphatic heterocycles. The lowest BCUT2D eigenvalue weighted by Crippen LogP contribution is -1.93. The predicted molar refractivity (Wildman–Crippen MR) is 70.6 cm³/mol. The van der Waals surface area contributed by atoms with Crippen molar-refractivity contribution in [3.8, 4) is 11.1 Å². The Morgan fingerprint density at radius 1 is 1.18 bits per heavy atom. The van der Waals surface area contributed by atoms with Gasteiger partial charge in [-0.25, -0.2) is 4.39 Å². The zero-order chi connectivity index (χ0) is 12.4. The third kappa shape index (κ3) is 2.42. The van der Waals surface area contributed by atoms with E-state index < -0.39 is 0 Å². The molecular formula is C14H13ClFN. The molecule has 0 aromatic heterocycles. The number of nitrogens with two attached hydrogens (primary N) is 1. The minimum Gasteiger partial charge on any atom is -0.397 e. The van der Waals surface area contributed by atoms with Gasteiger partial charge in [0.2, 0.25) is 0 Å². The van der Waals surface area contributed by atoms with Gasteiger partial charge >= 0.3 is 0 Å². The summed E-state index contributed by atoms with van der Waals surface area (Å²) in [6.45, 7) is 2.09. The second-order valence-electron chi connectivity index (χ2n) is 3.90. The molecule has 0 saturated heterocycles. The lowest BCUT2D eigenvalue weighted by molar-refractivity contribution is 0.628. The van der Waals surface area contributed by atoms with E-state index in [1.54, 1.807) is 0 Å². The zero-order valence-corrected chi connectivity index (χ0v) is 10.3. The van der Waals surface area contributed by atoms with Crippen molar-refractivity contribution in [2.45, 2.75) is 13.3 Å². The fourth-order valence-corrected chi connectivity index (χ4v) is 1.95. The molecule has 2 aromatic carbocycles. The molecule has 0 atom stereocenters. The van der Waals surface area contributed by atoms with Crippen LogP contribution in [0.2, 0.25) is 5.02 Å². The summed E-state index contributed by atoms with van der Waals surface area (Å²) in [5.74, 6) is -0.376. The molecule has 2 rings (SSSR count). The average molecular weight is 250 g/mol. The van der Waals surface area contributed by atoms with Crippen LogP contribution in [0.5, 0.6) is 0 Å². The quantitative estimate of drug-likeness (QED) is 0.790. The summed E-state index contributed by atoms with van der Waals surface area (Å²) in [7, 11) is 0. The number of benzene rings is 2. The number of hydrogen-bond donors (Lipinski definition) is 1. The van der Waals surface area contributed by atoms with Crippen LogP contribution >= 0.6 is 11.6 Å². The number of nitrogen functional groups attached to an aromatic ring is 1. The van der Waals surface area contributed by atoms with Gasteiger partial charge in [0.1, 0.15) is 5.82 Å². The highest BCUT2D eigenvalue weighted by atomic mass is 35.5. The van der Waals surface area contributed by atoms with Crippen LogP contribution in [0, 0.1) is 5.82 Å². The molecule has 0 saturated carbocycles. The Balaban J connectivity index is 2.52. The normalized spacial score (nSPS) is 10.5. The number of halogens is 2. The Hall–Kier alpha value is -1.54. The van der Waals surface area contributed by atoms with Crippen LogP contribution in [0.4, 0.5) is 10.1 Å². The van der Waals surface area contributed by atoms with Crippen LogP contribution < -0.4 is 5.73 Å². The van der Waals surface area contributed by atoms with Gasteiger partial charge in [-0.15, -0.1) is 0 Å². The molecule has 2 N–H and O–H groups in total. The molecule has 0 spiro atoms. The van der Waals surface area contributed by atoms with Crippen molar-refractivity contribution in [1.82, 2.24) is 0 Å². The van der Waals surface area contributed by atoms with Crippen molar-refractivity contribution in [1.29, 1.82) is 0 Å². The Labute approximate surface area is 105 Å². The molecule has 88 valence electrons. The van der Waals surface area contributed by atoms with Crippen molar-refractivity contribution in [2.24, 2.45) is 0 Å².